The summed E-state index contributed by atoms with van der Waals surface area (Å²) in [7, 11) is 0. The average Bonchev–Trinajstić information content (AvgIpc) is 3.30. The van der Waals surface area contributed by atoms with Gasteiger partial charge in [0.2, 0.25) is 11.7 Å². The number of Topliss-reactive ketones (excluding diaryl/α,β-unsaturated/α-hetero) is 1. The van der Waals surface area contributed by atoms with Crippen LogP contribution in [0.3, 0.4) is 0 Å². The highest BCUT2D eigenvalue weighted by Crippen LogP contribution is 2.29. The van der Waals surface area contributed by atoms with E-state index in [2.05, 4.69) is 41.4 Å². The van der Waals surface area contributed by atoms with Crippen LogP contribution in [-0.2, 0) is 10.2 Å². The van der Waals surface area contributed by atoms with E-state index < -0.39 is 5.97 Å². The van der Waals surface area contributed by atoms with Crippen molar-refractivity contribution in [1.82, 2.24) is 10.1 Å². The van der Waals surface area contributed by atoms with Crippen molar-refractivity contribution in [3.8, 4) is 11.4 Å². The summed E-state index contributed by atoms with van der Waals surface area (Å²) in [4.78, 5) is 27.5. The van der Waals surface area contributed by atoms with Crippen LogP contribution in [-0.4, -0.2) is 27.0 Å². The fraction of sp³-hybridized carbons (Fsp3) is 0.429. The van der Waals surface area contributed by atoms with Gasteiger partial charge in [-0.1, -0.05) is 64.0 Å². The number of carbonyl (C=O) groups excluding carboxylic acids is 1. The van der Waals surface area contributed by atoms with Crippen LogP contribution in [0.1, 0.15) is 88.2 Å². The molecule has 7 nitrogen and oxygen atoms in total. The number of rotatable bonds is 11. The van der Waals surface area contributed by atoms with Crippen LogP contribution in [0.15, 0.2) is 53.1 Å². The summed E-state index contributed by atoms with van der Waals surface area (Å²) in [6, 6.07) is 15.7. The second-order valence-electron chi connectivity index (χ2n) is 10.4. The van der Waals surface area contributed by atoms with E-state index in [0.29, 0.717) is 29.6 Å². The van der Waals surface area contributed by atoms with Crippen molar-refractivity contribution in [2.75, 3.05) is 5.32 Å². The van der Waals surface area contributed by atoms with Crippen LogP contribution in [0.25, 0.3) is 11.4 Å². The molecule has 1 heterocycles. The molecule has 0 fully saturated rings. The summed E-state index contributed by atoms with van der Waals surface area (Å²) in [5.74, 6) is 0.753. The number of nitrogens with one attached hydrogen (secondary N) is 1. The van der Waals surface area contributed by atoms with Crippen LogP contribution < -0.4 is 5.32 Å². The topological polar surface area (TPSA) is 105 Å². The number of nitrogens with zero attached hydrogens (tertiary/aromatic N) is 2. The highest BCUT2D eigenvalue weighted by molar-refractivity contribution is 5.96. The largest absolute Gasteiger partial charge is 0.481 e. The van der Waals surface area contributed by atoms with Gasteiger partial charge in [0.15, 0.2) is 5.78 Å². The molecular weight excluding hydrogens is 442 g/mol. The zero-order valence-electron chi connectivity index (χ0n) is 21.2. The number of benzene rings is 2. The number of hydrogen-bond donors (Lipinski definition) is 2. The molecule has 2 aromatic carbocycles. The lowest BCUT2D eigenvalue weighted by molar-refractivity contribution is -0.137. The van der Waals surface area contributed by atoms with Crippen LogP contribution in [0.5, 0.6) is 0 Å². The predicted octanol–water partition coefficient (Wildman–Crippen LogP) is 6.67. The summed E-state index contributed by atoms with van der Waals surface area (Å²) in [6.45, 7) is 10.5. The SMILES string of the molecule is CC(C)CC(Nc1ccc(C(=O)CCCC(=O)O)cc1)c1ccc(-c2noc(C(C)(C)C)n2)cc1. The molecule has 0 aliphatic heterocycles. The van der Waals surface area contributed by atoms with Gasteiger partial charge >= 0.3 is 5.97 Å². The van der Waals surface area contributed by atoms with E-state index in [1.807, 2.05) is 45.0 Å². The summed E-state index contributed by atoms with van der Waals surface area (Å²) >= 11 is 0. The fourth-order valence-electron chi connectivity index (χ4n) is 3.76. The minimum atomic E-state index is -0.881. The lowest BCUT2D eigenvalue weighted by Gasteiger charge is -2.22. The van der Waals surface area contributed by atoms with E-state index in [1.54, 1.807) is 12.1 Å². The standard InChI is InChI=1S/C28H35N3O4/c1-18(2)17-23(29-22-15-13-20(14-16-22)24(32)7-6-8-25(33)34)19-9-11-21(12-10-19)26-30-27(35-31-26)28(3,4)5/h9-16,18,23,29H,6-8,17H2,1-5H3,(H,33,34). The van der Waals surface area contributed by atoms with Gasteiger partial charge in [0, 0.05) is 35.1 Å². The fourth-order valence-corrected chi connectivity index (χ4v) is 3.76. The first-order chi connectivity index (χ1) is 16.5. The monoisotopic (exact) mass is 477 g/mol. The van der Waals surface area contributed by atoms with Crippen molar-refractivity contribution in [1.29, 1.82) is 0 Å². The number of hydrogen-bond acceptors (Lipinski definition) is 6. The summed E-state index contributed by atoms with van der Waals surface area (Å²) in [6.07, 6.45) is 1.53. The van der Waals surface area contributed by atoms with Gasteiger partial charge in [-0.05, 0) is 48.6 Å². The maximum absolute atomic E-state index is 12.3. The Balaban J connectivity index is 1.70. The molecule has 1 atom stereocenters. The van der Waals surface area contributed by atoms with Crippen molar-refractivity contribution in [3.05, 3.63) is 65.5 Å². The van der Waals surface area contributed by atoms with Gasteiger partial charge in [-0.15, -0.1) is 0 Å². The van der Waals surface area contributed by atoms with Gasteiger partial charge in [0.1, 0.15) is 0 Å². The van der Waals surface area contributed by atoms with Crippen LogP contribution in [0.2, 0.25) is 0 Å². The van der Waals surface area contributed by atoms with Gasteiger partial charge < -0.3 is 14.9 Å². The second-order valence-corrected chi connectivity index (χ2v) is 10.4. The van der Waals surface area contributed by atoms with E-state index in [-0.39, 0.29) is 30.1 Å². The second kappa shape index (κ2) is 11.3. The maximum Gasteiger partial charge on any atom is 0.303 e. The molecule has 2 N–H and O–H groups in total. The molecule has 7 heteroatoms. The molecule has 0 amide bonds. The molecular formula is C28H35N3O4. The summed E-state index contributed by atoms with van der Waals surface area (Å²) in [5.41, 5.74) is 3.38. The predicted molar refractivity (Wildman–Crippen MR) is 137 cm³/mol. The molecule has 0 aliphatic carbocycles. The Morgan fingerprint density at radius 2 is 1.66 bits per heavy atom. The first-order valence-electron chi connectivity index (χ1n) is 12.1. The smallest absolute Gasteiger partial charge is 0.303 e. The minimum absolute atomic E-state index is 0.00548. The highest BCUT2D eigenvalue weighted by atomic mass is 16.5. The van der Waals surface area contributed by atoms with Crippen molar-refractivity contribution in [3.63, 3.8) is 0 Å². The Labute approximate surface area is 207 Å². The quantitative estimate of drug-likeness (QED) is 0.297. The maximum atomic E-state index is 12.3. The number of ketones is 1. The number of carboxylic acid groups (broad SMARTS) is 1. The molecule has 1 unspecified atom stereocenters. The third kappa shape index (κ3) is 7.50. The van der Waals surface area contributed by atoms with E-state index in [1.165, 1.54) is 0 Å². The van der Waals surface area contributed by atoms with Gasteiger partial charge in [0.25, 0.3) is 0 Å². The van der Waals surface area contributed by atoms with Crippen LogP contribution >= 0.6 is 0 Å². The number of aromatic nitrogens is 2. The molecule has 0 aliphatic rings. The van der Waals surface area contributed by atoms with E-state index in [4.69, 9.17) is 9.63 Å². The Morgan fingerprint density at radius 1 is 1.00 bits per heavy atom. The molecule has 0 saturated carbocycles. The Kier molecular flexibility index (Phi) is 8.43. The molecule has 3 aromatic rings. The number of carboxylic acids is 1. The summed E-state index contributed by atoms with van der Waals surface area (Å²) in [5, 5.41) is 16.5. The average molecular weight is 478 g/mol. The molecule has 0 spiro atoms. The Morgan fingerprint density at radius 3 is 2.20 bits per heavy atom. The van der Waals surface area contributed by atoms with Crippen molar-refractivity contribution in [2.24, 2.45) is 5.92 Å². The number of carbonyl (C=O) groups is 2. The third-order valence-corrected chi connectivity index (χ3v) is 5.69. The normalized spacial score (nSPS) is 12.5. The Bertz CT molecular complexity index is 1130. The Hall–Kier alpha value is -3.48. The molecule has 35 heavy (non-hydrogen) atoms. The van der Waals surface area contributed by atoms with E-state index in [0.717, 1.165) is 23.2 Å². The van der Waals surface area contributed by atoms with Crippen molar-refractivity contribution in [2.45, 2.75) is 71.8 Å². The van der Waals surface area contributed by atoms with Crippen molar-refractivity contribution < 1.29 is 19.2 Å². The number of anilines is 1. The van der Waals surface area contributed by atoms with Crippen molar-refractivity contribution >= 4 is 17.4 Å². The first kappa shape index (κ1) is 26.1. The number of aliphatic carboxylic acids is 1. The first-order valence-corrected chi connectivity index (χ1v) is 12.1. The van der Waals surface area contributed by atoms with E-state index in [9.17, 15) is 9.59 Å². The zero-order chi connectivity index (χ0) is 25.6. The summed E-state index contributed by atoms with van der Waals surface area (Å²) < 4.78 is 5.43. The molecule has 0 saturated heterocycles. The van der Waals surface area contributed by atoms with Gasteiger partial charge in [0.05, 0.1) is 6.04 Å². The lowest BCUT2D eigenvalue weighted by Crippen LogP contribution is -2.13. The third-order valence-electron chi connectivity index (χ3n) is 5.69. The highest BCUT2D eigenvalue weighted by Gasteiger charge is 2.22. The van der Waals surface area contributed by atoms with Gasteiger partial charge in [-0.2, -0.15) is 4.98 Å². The van der Waals surface area contributed by atoms with Gasteiger partial charge in [-0.25, -0.2) is 0 Å². The molecule has 186 valence electrons. The molecule has 3 rings (SSSR count). The lowest BCUT2D eigenvalue weighted by atomic mass is 9.95. The molecule has 0 radical (unpaired) electrons. The van der Waals surface area contributed by atoms with Crippen LogP contribution in [0.4, 0.5) is 5.69 Å². The molecule has 1 aromatic heterocycles. The minimum Gasteiger partial charge on any atom is -0.481 e. The zero-order valence-corrected chi connectivity index (χ0v) is 21.2. The van der Waals surface area contributed by atoms with Gasteiger partial charge in [-0.3, -0.25) is 9.59 Å². The molecule has 0 bridgehead atoms. The van der Waals surface area contributed by atoms with E-state index >= 15 is 0 Å². The van der Waals surface area contributed by atoms with Crippen LogP contribution in [0, 0.1) is 5.92 Å².